The van der Waals surface area contributed by atoms with Crippen molar-refractivity contribution in [2.24, 2.45) is 0 Å². The highest BCUT2D eigenvalue weighted by Crippen LogP contribution is 2.36. The molecule has 1 saturated heterocycles. The van der Waals surface area contributed by atoms with Crippen LogP contribution in [-0.2, 0) is 6.54 Å². The number of hydrogen-bond donors (Lipinski definition) is 3. The van der Waals surface area contributed by atoms with E-state index in [-0.39, 0.29) is 5.56 Å². The van der Waals surface area contributed by atoms with Crippen LogP contribution in [0.5, 0.6) is 0 Å². The van der Waals surface area contributed by atoms with Crippen LogP contribution >= 0.6 is 0 Å². The van der Waals surface area contributed by atoms with Crippen LogP contribution in [0, 0.1) is 13.8 Å². The van der Waals surface area contributed by atoms with Gasteiger partial charge in [0, 0.05) is 53.0 Å². The highest BCUT2D eigenvalue weighted by Gasteiger charge is 2.23. The number of anilines is 2. The Hall–Kier alpha value is -2.86. The Labute approximate surface area is 196 Å². The zero-order valence-electron chi connectivity index (χ0n) is 20.6. The summed E-state index contributed by atoms with van der Waals surface area (Å²) in [5.74, 6) is 1.24. The standard InChI is InChI=1S/C27H37N5O/c1-6-32(21-7-10-28-11-8-21)25-15-20(17(2)3)14-23-22(25)9-12-29-26(23)30-16-24-18(4)13-19(5)31-27(24)33/h9,12-15,17,21,28H,6-8,10-11,16H2,1-5H3,(H,29,30)(H,31,33). The maximum Gasteiger partial charge on any atom is 0.253 e. The summed E-state index contributed by atoms with van der Waals surface area (Å²) in [5.41, 5.74) is 5.20. The number of rotatable bonds is 7. The first-order chi connectivity index (χ1) is 15.9. The zero-order valence-corrected chi connectivity index (χ0v) is 20.6. The molecule has 6 nitrogen and oxygen atoms in total. The van der Waals surface area contributed by atoms with Gasteiger partial charge in [-0.1, -0.05) is 13.8 Å². The molecule has 0 unspecified atom stereocenters. The third-order valence-corrected chi connectivity index (χ3v) is 6.87. The van der Waals surface area contributed by atoms with E-state index in [1.54, 1.807) is 0 Å². The van der Waals surface area contributed by atoms with Gasteiger partial charge in [0.25, 0.3) is 5.56 Å². The lowest BCUT2D eigenvalue weighted by molar-refractivity contribution is 0.434. The summed E-state index contributed by atoms with van der Waals surface area (Å²) in [7, 11) is 0. The smallest absolute Gasteiger partial charge is 0.253 e. The number of hydrogen-bond acceptors (Lipinski definition) is 5. The summed E-state index contributed by atoms with van der Waals surface area (Å²) in [6.07, 6.45) is 4.20. The highest BCUT2D eigenvalue weighted by atomic mass is 16.1. The first kappa shape index (κ1) is 23.3. The Morgan fingerprint density at radius 2 is 1.91 bits per heavy atom. The number of aromatic nitrogens is 2. The van der Waals surface area contributed by atoms with E-state index in [1.165, 1.54) is 16.6 Å². The van der Waals surface area contributed by atoms with Crippen LogP contribution in [-0.4, -0.2) is 35.6 Å². The summed E-state index contributed by atoms with van der Waals surface area (Å²) in [4.78, 5) is 22.7. The molecule has 3 N–H and O–H groups in total. The largest absolute Gasteiger partial charge is 0.368 e. The predicted octanol–water partition coefficient (Wildman–Crippen LogP) is 4.85. The lowest BCUT2D eigenvalue weighted by atomic mass is 9.96. The van der Waals surface area contributed by atoms with Crippen LogP contribution in [0.3, 0.4) is 0 Å². The number of nitrogens with zero attached hydrogens (tertiary/aromatic N) is 2. The van der Waals surface area contributed by atoms with Crippen molar-refractivity contribution in [2.45, 2.75) is 66.0 Å². The molecule has 0 saturated carbocycles. The summed E-state index contributed by atoms with van der Waals surface area (Å²) in [6.45, 7) is 14.2. The van der Waals surface area contributed by atoms with Crippen molar-refractivity contribution in [1.29, 1.82) is 0 Å². The van der Waals surface area contributed by atoms with E-state index in [0.717, 1.165) is 60.5 Å². The minimum Gasteiger partial charge on any atom is -0.368 e. The van der Waals surface area contributed by atoms with Crippen molar-refractivity contribution in [3.8, 4) is 0 Å². The summed E-state index contributed by atoms with van der Waals surface area (Å²) in [6, 6.07) is 9.33. The van der Waals surface area contributed by atoms with Gasteiger partial charge in [0.1, 0.15) is 5.82 Å². The summed E-state index contributed by atoms with van der Waals surface area (Å²) >= 11 is 0. The molecule has 1 aliphatic rings. The second-order valence-corrected chi connectivity index (χ2v) is 9.51. The zero-order chi connectivity index (χ0) is 23.5. The predicted molar refractivity (Wildman–Crippen MR) is 139 cm³/mol. The number of aromatic amines is 1. The molecule has 6 heteroatoms. The number of benzene rings is 1. The minimum atomic E-state index is -0.0353. The summed E-state index contributed by atoms with van der Waals surface area (Å²) in [5, 5.41) is 9.30. The van der Waals surface area contributed by atoms with Gasteiger partial charge in [-0.3, -0.25) is 4.79 Å². The average Bonchev–Trinajstić information content (AvgIpc) is 2.79. The van der Waals surface area contributed by atoms with E-state index in [9.17, 15) is 4.79 Å². The third-order valence-electron chi connectivity index (χ3n) is 6.87. The van der Waals surface area contributed by atoms with Gasteiger partial charge in [-0.15, -0.1) is 0 Å². The molecule has 0 bridgehead atoms. The quantitative estimate of drug-likeness (QED) is 0.483. The lowest BCUT2D eigenvalue weighted by Gasteiger charge is -2.37. The Kier molecular flexibility index (Phi) is 7.03. The third kappa shape index (κ3) is 4.91. The molecule has 1 fully saturated rings. The monoisotopic (exact) mass is 447 g/mol. The first-order valence-electron chi connectivity index (χ1n) is 12.2. The van der Waals surface area contributed by atoms with Gasteiger partial charge in [0.05, 0.1) is 0 Å². The number of nitrogens with one attached hydrogen (secondary N) is 3. The van der Waals surface area contributed by atoms with Gasteiger partial charge in [0.2, 0.25) is 0 Å². The van der Waals surface area contributed by atoms with Gasteiger partial charge < -0.3 is 20.5 Å². The molecule has 1 aliphatic heterocycles. The molecule has 1 aromatic carbocycles. The van der Waals surface area contributed by atoms with Crippen molar-refractivity contribution in [1.82, 2.24) is 15.3 Å². The van der Waals surface area contributed by atoms with Gasteiger partial charge in [-0.2, -0.15) is 0 Å². The normalized spacial score (nSPS) is 14.7. The van der Waals surface area contributed by atoms with Crippen molar-refractivity contribution < 1.29 is 0 Å². The van der Waals surface area contributed by atoms with Gasteiger partial charge in [-0.05, 0) is 88.0 Å². The highest BCUT2D eigenvalue weighted by molar-refractivity contribution is 6.01. The van der Waals surface area contributed by atoms with Crippen LogP contribution in [0.1, 0.15) is 61.9 Å². The molecule has 176 valence electrons. The molecule has 0 aliphatic carbocycles. The van der Waals surface area contributed by atoms with E-state index in [2.05, 4.69) is 64.5 Å². The molecule has 3 heterocycles. The number of pyridine rings is 2. The fraction of sp³-hybridized carbons (Fsp3) is 0.481. The summed E-state index contributed by atoms with van der Waals surface area (Å²) < 4.78 is 0. The number of piperidine rings is 1. The van der Waals surface area contributed by atoms with E-state index < -0.39 is 0 Å². The molecule has 2 aromatic heterocycles. The van der Waals surface area contributed by atoms with Crippen LogP contribution in [0.15, 0.2) is 35.3 Å². The molecular weight excluding hydrogens is 410 g/mol. The fourth-order valence-electron chi connectivity index (χ4n) is 5.02. The van der Waals surface area contributed by atoms with E-state index in [1.807, 2.05) is 26.1 Å². The Morgan fingerprint density at radius 3 is 2.58 bits per heavy atom. The molecule has 0 amide bonds. The molecule has 0 spiro atoms. The Bertz CT molecular complexity index is 1180. The topological polar surface area (TPSA) is 73.0 Å². The van der Waals surface area contributed by atoms with E-state index in [0.29, 0.717) is 18.5 Å². The average molecular weight is 448 g/mol. The van der Waals surface area contributed by atoms with Gasteiger partial charge >= 0.3 is 0 Å². The number of fused-ring (bicyclic) bond motifs is 1. The fourth-order valence-corrected chi connectivity index (χ4v) is 5.02. The van der Waals surface area contributed by atoms with Crippen molar-refractivity contribution >= 4 is 22.3 Å². The molecular formula is C27H37N5O. The maximum atomic E-state index is 12.5. The van der Waals surface area contributed by atoms with Gasteiger partial charge in [0.15, 0.2) is 0 Å². The molecule has 0 radical (unpaired) electrons. The van der Waals surface area contributed by atoms with E-state index in [4.69, 9.17) is 0 Å². The SMILES string of the molecule is CCN(c1cc(C(C)C)cc2c(NCc3c(C)cc(C)[nH]c3=O)nccc12)C1CCNCC1. The minimum absolute atomic E-state index is 0.0353. The van der Waals surface area contributed by atoms with Crippen LogP contribution in [0.25, 0.3) is 10.8 Å². The van der Waals surface area contributed by atoms with Crippen LogP contribution in [0.2, 0.25) is 0 Å². The number of H-pyrrole nitrogens is 1. The molecule has 3 aromatic rings. The van der Waals surface area contributed by atoms with Crippen LogP contribution in [0.4, 0.5) is 11.5 Å². The van der Waals surface area contributed by atoms with E-state index >= 15 is 0 Å². The van der Waals surface area contributed by atoms with Crippen molar-refractivity contribution in [2.75, 3.05) is 29.9 Å². The Balaban J connectivity index is 1.77. The van der Waals surface area contributed by atoms with Gasteiger partial charge in [-0.25, -0.2) is 4.98 Å². The van der Waals surface area contributed by atoms with Crippen molar-refractivity contribution in [3.63, 3.8) is 0 Å². The first-order valence-corrected chi connectivity index (χ1v) is 12.2. The molecule has 33 heavy (non-hydrogen) atoms. The molecule has 0 atom stereocenters. The lowest BCUT2D eigenvalue weighted by Crippen LogP contribution is -2.43. The maximum absolute atomic E-state index is 12.5. The Morgan fingerprint density at radius 1 is 1.15 bits per heavy atom. The second kappa shape index (κ2) is 9.96. The second-order valence-electron chi connectivity index (χ2n) is 9.51. The van der Waals surface area contributed by atoms with Crippen molar-refractivity contribution in [3.05, 3.63) is 63.2 Å². The molecule has 4 rings (SSSR count). The van der Waals surface area contributed by atoms with Crippen LogP contribution < -0.4 is 21.1 Å². The number of aryl methyl sites for hydroxylation is 2.